The van der Waals surface area contributed by atoms with E-state index in [1.54, 1.807) is 0 Å². The minimum Gasteiger partial charge on any atom is -0.266 e. The zero-order valence-corrected chi connectivity index (χ0v) is 9.98. The quantitative estimate of drug-likeness (QED) is 0.829. The monoisotopic (exact) mass is 291 g/mol. The predicted octanol–water partition coefficient (Wildman–Crippen LogP) is 1.20. The van der Waals surface area contributed by atoms with Crippen LogP contribution in [0.2, 0.25) is 0 Å². The summed E-state index contributed by atoms with van der Waals surface area (Å²) in [6.45, 7) is -2.01. The van der Waals surface area contributed by atoms with Crippen LogP contribution in [-0.2, 0) is 10.0 Å². The molecule has 10 heteroatoms. The number of hydrogen-bond donors (Lipinski definition) is 1. The van der Waals surface area contributed by atoms with E-state index in [2.05, 4.69) is 10.2 Å². The van der Waals surface area contributed by atoms with Crippen LogP contribution in [0.1, 0.15) is 0 Å². The van der Waals surface area contributed by atoms with Gasteiger partial charge < -0.3 is 0 Å². The van der Waals surface area contributed by atoms with Crippen molar-refractivity contribution in [1.29, 1.82) is 0 Å². The Balaban J connectivity index is 2.99. The van der Waals surface area contributed by atoms with Crippen molar-refractivity contribution in [1.82, 2.24) is 14.5 Å². The summed E-state index contributed by atoms with van der Waals surface area (Å²) >= 11 is 5.29. The lowest BCUT2D eigenvalue weighted by Gasteiger charge is -2.21. The van der Waals surface area contributed by atoms with Crippen molar-refractivity contribution in [3.8, 4) is 0 Å². The number of H-pyrrole nitrogens is 1. The molecule has 0 aliphatic rings. The smallest absolute Gasteiger partial charge is 0.266 e. The highest BCUT2D eigenvalue weighted by Gasteiger charge is 2.37. The first-order valence-electron chi connectivity index (χ1n) is 4.39. The molecule has 0 saturated carbocycles. The van der Waals surface area contributed by atoms with Gasteiger partial charge in [0.1, 0.15) is 6.54 Å². The number of nitrogens with zero attached hydrogens (tertiary/aromatic N) is 2. The maximum atomic E-state index is 12.2. The number of nitrogens with one attached hydrogen (secondary N) is 1. The van der Waals surface area contributed by atoms with Gasteiger partial charge in [0.25, 0.3) is 10.0 Å². The van der Waals surface area contributed by atoms with Crippen molar-refractivity contribution in [2.75, 3.05) is 19.0 Å². The molecule has 0 fully saturated rings. The number of aromatic amines is 1. The molecule has 0 unspecified atom stereocenters. The molecule has 0 aliphatic heterocycles. The number of alkyl halides is 4. The zero-order chi connectivity index (χ0) is 13.1. The molecule has 0 spiro atoms. The molecule has 0 bridgehead atoms. The molecule has 1 heterocycles. The van der Waals surface area contributed by atoms with Gasteiger partial charge in [0.2, 0.25) is 0 Å². The van der Waals surface area contributed by atoms with E-state index in [1.165, 1.54) is 0 Å². The predicted molar refractivity (Wildman–Crippen MR) is 54.1 cm³/mol. The van der Waals surface area contributed by atoms with Crippen molar-refractivity contribution in [2.24, 2.45) is 0 Å². The molecule has 0 radical (unpaired) electrons. The van der Waals surface area contributed by atoms with Crippen LogP contribution in [0.3, 0.4) is 0 Å². The molecule has 0 amide bonds. The fourth-order valence-electron chi connectivity index (χ4n) is 1.10. The molecule has 5 nitrogen and oxygen atoms in total. The van der Waals surface area contributed by atoms with E-state index < -0.39 is 34.3 Å². The summed E-state index contributed by atoms with van der Waals surface area (Å²) in [5.74, 6) is -0.233. The fraction of sp³-hybridized carbons (Fsp3) is 0.571. The van der Waals surface area contributed by atoms with Gasteiger partial charge in [-0.25, -0.2) is 8.42 Å². The molecule has 0 aliphatic carbocycles. The molecule has 0 atom stereocenters. The van der Waals surface area contributed by atoms with E-state index in [0.717, 1.165) is 12.3 Å². The molecular formula is C7H9ClF3N3O2S. The molecule has 1 aromatic rings. The number of hydrogen-bond acceptors (Lipinski definition) is 3. The average Bonchev–Trinajstić information content (AvgIpc) is 2.68. The molecule has 0 aromatic carbocycles. The number of rotatable bonds is 5. The lowest BCUT2D eigenvalue weighted by Crippen LogP contribution is -2.40. The molecular weight excluding hydrogens is 283 g/mol. The van der Waals surface area contributed by atoms with Crippen LogP contribution in [0.5, 0.6) is 0 Å². The molecule has 1 aromatic heterocycles. The maximum absolute atomic E-state index is 12.2. The molecule has 98 valence electrons. The van der Waals surface area contributed by atoms with Gasteiger partial charge in [0, 0.05) is 12.4 Å². The molecule has 1 N–H and O–H groups in total. The van der Waals surface area contributed by atoms with E-state index >= 15 is 0 Å². The van der Waals surface area contributed by atoms with Gasteiger partial charge in [-0.15, -0.1) is 11.6 Å². The lowest BCUT2D eigenvalue weighted by molar-refractivity contribution is -0.135. The van der Waals surface area contributed by atoms with Gasteiger partial charge in [-0.1, -0.05) is 0 Å². The number of halogens is 4. The fourth-order valence-corrected chi connectivity index (χ4v) is 2.74. The first kappa shape index (κ1) is 14.3. The first-order valence-corrected chi connectivity index (χ1v) is 6.37. The van der Waals surface area contributed by atoms with Crippen LogP contribution in [0.15, 0.2) is 17.3 Å². The Morgan fingerprint density at radius 2 is 2.12 bits per heavy atom. The molecule has 0 saturated heterocycles. The van der Waals surface area contributed by atoms with Crippen LogP contribution in [-0.4, -0.2) is 48.1 Å². The number of aromatic nitrogens is 2. The Bertz CT molecular complexity index is 445. The van der Waals surface area contributed by atoms with Crippen LogP contribution in [0, 0.1) is 0 Å². The summed E-state index contributed by atoms with van der Waals surface area (Å²) in [5, 5.41) is 5.10. The summed E-state index contributed by atoms with van der Waals surface area (Å²) in [6, 6.07) is 1.08. The lowest BCUT2D eigenvalue weighted by atomic mass is 10.6. The second-order valence-corrected chi connectivity index (χ2v) is 5.35. The van der Waals surface area contributed by atoms with Crippen LogP contribution < -0.4 is 0 Å². The van der Waals surface area contributed by atoms with Gasteiger partial charge in [-0.2, -0.15) is 22.6 Å². The summed E-state index contributed by atoms with van der Waals surface area (Å²) < 4.78 is 60.4. The second kappa shape index (κ2) is 5.23. The SMILES string of the molecule is O=S(=O)(c1ccn[nH]1)N(CCCl)CC(F)(F)F. The van der Waals surface area contributed by atoms with Crippen molar-refractivity contribution >= 4 is 21.6 Å². The summed E-state index contributed by atoms with van der Waals surface area (Å²) in [7, 11) is -4.24. The van der Waals surface area contributed by atoms with E-state index in [4.69, 9.17) is 11.6 Å². The second-order valence-electron chi connectivity index (χ2n) is 3.06. The van der Waals surface area contributed by atoms with Gasteiger partial charge in [-0.05, 0) is 6.07 Å². The number of sulfonamides is 1. The first-order chi connectivity index (χ1) is 7.77. The normalized spacial score (nSPS) is 13.2. The third-order valence-corrected chi connectivity index (χ3v) is 3.73. The van der Waals surface area contributed by atoms with E-state index in [9.17, 15) is 21.6 Å². The Labute approximate surface area is 101 Å². The van der Waals surface area contributed by atoms with Crippen molar-refractivity contribution in [3.05, 3.63) is 12.3 Å². The van der Waals surface area contributed by atoms with Gasteiger partial charge in [-0.3, -0.25) is 5.10 Å². The van der Waals surface area contributed by atoms with E-state index in [0.29, 0.717) is 0 Å². The highest BCUT2D eigenvalue weighted by molar-refractivity contribution is 7.89. The molecule has 1 rings (SSSR count). The topological polar surface area (TPSA) is 66.1 Å². The van der Waals surface area contributed by atoms with Crippen molar-refractivity contribution in [3.63, 3.8) is 0 Å². The average molecular weight is 292 g/mol. The van der Waals surface area contributed by atoms with E-state index in [1.807, 2.05) is 0 Å². The third kappa shape index (κ3) is 3.86. The Hall–Kier alpha value is -0.800. The van der Waals surface area contributed by atoms with Crippen LogP contribution in [0.4, 0.5) is 13.2 Å². The minimum absolute atomic E-state index is 0.233. The summed E-state index contributed by atoms with van der Waals surface area (Å²) in [5.41, 5.74) is 0. The van der Waals surface area contributed by atoms with Gasteiger partial charge in [0.05, 0.1) is 6.20 Å². The Morgan fingerprint density at radius 1 is 1.47 bits per heavy atom. The van der Waals surface area contributed by atoms with Crippen LogP contribution >= 0.6 is 11.6 Å². The summed E-state index contributed by atoms with van der Waals surface area (Å²) in [4.78, 5) is 0. The largest absolute Gasteiger partial charge is 0.402 e. The Kier molecular flexibility index (Phi) is 4.39. The highest BCUT2D eigenvalue weighted by Crippen LogP contribution is 2.21. The zero-order valence-electron chi connectivity index (χ0n) is 8.41. The van der Waals surface area contributed by atoms with Crippen LogP contribution in [0.25, 0.3) is 0 Å². The van der Waals surface area contributed by atoms with Crippen molar-refractivity contribution in [2.45, 2.75) is 11.2 Å². The third-order valence-electron chi connectivity index (χ3n) is 1.78. The minimum atomic E-state index is -4.63. The Morgan fingerprint density at radius 3 is 2.53 bits per heavy atom. The highest BCUT2D eigenvalue weighted by atomic mass is 35.5. The van der Waals surface area contributed by atoms with Gasteiger partial charge >= 0.3 is 6.18 Å². The maximum Gasteiger partial charge on any atom is 0.402 e. The molecule has 17 heavy (non-hydrogen) atoms. The van der Waals surface area contributed by atoms with E-state index in [-0.39, 0.29) is 10.2 Å². The summed E-state index contributed by atoms with van der Waals surface area (Å²) in [6.07, 6.45) is -3.49. The standard InChI is InChI=1S/C7H9ClF3N3O2S/c8-2-4-14(5-7(9,10)11)17(15,16)6-1-3-12-13-6/h1,3H,2,4-5H2,(H,12,13). The van der Waals surface area contributed by atoms with Gasteiger partial charge in [0.15, 0.2) is 5.03 Å². The van der Waals surface area contributed by atoms with Crippen molar-refractivity contribution < 1.29 is 21.6 Å².